The number of carbonyl (C=O) groups excluding carboxylic acids is 1. The third-order valence-electron chi connectivity index (χ3n) is 1.99. The maximum absolute atomic E-state index is 11.6. The van der Waals surface area contributed by atoms with E-state index in [0.29, 0.717) is 11.4 Å². The van der Waals surface area contributed by atoms with Gasteiger partial charge in [-0.05, 0) is 17.7 Å². The summed E-state index contributed by atoms with van der Waals surface area (Å²) >= 11 is 5.62. The molecule has 5 nitrogen and oxygen atoms in total. The minimum atomic E-state index is -4.05. The Morgan fingerprint density at radius 2 is 2.12 bits per heavy atom. The van der Waals surface area contributed by atoms with Gasteiger partial charge >= 0.3 is 0 Å². The highest BCUT2D eigenvalue weighted by molar-refractivity contribution is 7.85. The maximum Gasteiger partial charge on any atom is 0.266 e. The van der Waals surface area contributed by atoms with Crippen molar-refractivity contribution in [2.45, 2.75) is 5.88 Å². The lowest BCUT2D eigenvalue weighted by Crippen LogP contribution is -2.28. The summed E-state index contributed by atoms with van der Waals surface area (Å²) < 4.78 is 29.4. The highest BCUT2D eigenvalue weighted by Gasteiger charge is 2.08. The Balaban J connectivity index is 2.58. The van der Waals surface area contributed by atoms with E-state index in [-0.39, 0.29) is 6.54 Å². The largest absolute Gasteiger partial charge is 0.351 e. The van der Waals surface area contributed by atoms with Gasteiger partial charge in [0, 0.05) is 18.0 Å². The zero-order valence-electron chi connectivity index (χ0n) is 8.89. The first kappa shape index (κ1) is 14.0. The Bertz CT molecular complexity index is 501. The Morgan fingerprint density at radius 1 is 1.41 bits per heavy atom. The van der Waals surface area contributed by atoms with E-state index in [9.17, 15) is 13.2 Å². The van der Waals surface area contributed by atoms with E-state index in [1.54, 1.807) is 24.3 Å². The number of nitrogens with one attached hydrogen (secondary N) is 1. The molecule has 0 saturated carbocycles. The molecule has 0 atom stereocenters. The molecule has 0 fully saturated rings. The van der Waals surface area contributed by atoms with Crippen LogP contribution in [0.15, 0.2) is 24.3 Å². The van der Waals surface area contributed by atoms with Crippen LogP contribution in [0.1, 0.15) is 15.9 Å². The molecule has 0 aliphatic carbocycles. The van der Waals surface area contributed by atoms with Crippen LogP contribution in [0, 0.1) is 0 Å². The Morgan fingerprint density at radius 3 is 2.71 bits per heavy atom. The third kappa shape index (κ3) is 5.16. The first-order chi connectivity index (χ1) is 7.92. The highest BCUT2D eigenvalue weighted by Crippen LogP contribution is 2.07. The molecule has 1 aromatic rings. The minimum Gasteiger partial charge on any atom is -0.351 e. The van der Waals surface area contributed by atoms with Crippen LogP contribution in [0.2, 0.25) is 0 Å². The van der Waals surface area contributed by atoms with Crippen molar-refractivity contribution in [3.05, 3.63) is 35.4 Å². The summed E-state index contributed by atoms with van der Waals surface area (Å²) in [4.78, 5) is 11.6. The predicted octanol–water partition coefficient (Wildman–Crippen LogP) is 1.04. The monoisotopic (exact) mass is 277 g/mol. The molecule has 0 bridgehead atoms. The summed E-state index contributed by atoms with van der Waals surface area (Å²) in [6, 6.07) is 6.69. The van der Waals surface area contributed by atoms with Gasteiger partial charge in [-0.1, -0.05) is 12.1 Å². The van der Waals surface area contributed by atoms with Crippen molar-refractivity contribution >= 4 is 27.6 Å². The molecule has 0 aliphatic rings. The molecule has 0 aromatic heterocycles. The van der Waals surface area contributed by atoms with Crippen LogP contribution in [-0.4, -0.2) is 31.2 Å². The van der Waals surface area contributed by atoms with Gasteiger partial charge in [-0.3, -0.25) is 9.35 Å². The van der Waals surface area contributed by atoms with Crippen molar-refractivity contribution < 1.29 is 17.8 Å². The van der Waals surface area contributed by atoms with Gasteiger partial charge in [0.15, 0.2) is 0 Å². The third-order valence-corrected chi connectivity index (χ3v) is 3.02. The second-order valence-electron chi connectivity index (χ2n) is 3.38. The second kappa shape index (κ2) is 6.00. The molecule has 0 aliphatic heterocycles. The topological polar surface area (TPSA) is 83.5 Å². The lowest BCUT2D eigenvalue weighted by molar-refractivity contribution is 0.0956. The first-order valence-corrected chi connectivity index (χ1v) is 6.95. The fourth-order valence-corrected chi connectivity index (χ4v) is 1.72. The van der Waals surface area contributed by atoms with Gasteiger partial charge < -0.3 is 5.32 Å². The van der Waals surface area contributed by atoms with E-state index in [4.69, 9.17) is 16.2 Å². The SMILES string of the molecule is O=C(NCCS(=O)(=O)O)c1cccc(CCl)c1. The molecular formula is C10H12ClNO4S. The normalized spacial score (nSPS) is 11.2. The smallest absolute Gasteiger partial charge is 0.266 e. The van der Waals surface area contributed by atoms with Crippen LogP contribution in [0.25, 0.3) is 0 Å². The number of amides is 1. The average molecular weight is 278 g/mol. The molecule has 2 N–H and O–H groups in total. The summed E-state index contributed by atoms with van der Waals surface area (Å²) in [6.45, 7) is -0.136. The Labute approximate surface area is 105 Å². The molecule has 1 rings (SSSR count). The summed E-state index contributed by atoms with van der Waals surface area (Å²) in [7, 11) is -4.05. The summed E-state index contributed by atoms with van der Waals surface area (Å²) in [6.07, 6.45) is 0. The lowest BCUT2D eigenvalue weighted by Gasteiger charge is -2.05. The fourth-order valence-electron chi connectivity index (χ4n) is 1.19. The number of rotatable bonds is 5. The molecule has 0 spiro atoms. The molecular weight excluding hydrogens is 266 g/mol. The van der Waals surface area contributed by atoms with Crippen LogP contribution < -0.4 is 5.32 Å². The van der Waals surface area contributed by atoms with Crippen molar-refractivity contribution in [2.75, 3.05) is 12.3 Å². The average Bonchev–Trinajstić information content (AvgIpc) is 2.27. The van der Waals surface area contributed by atoms with Gasteiger partial charge in [0.2, 0.25) is 0 Å². The lowest BCUT2D eigenvalue weighted by atomic mass is 10.1. The van der Waals surface area contributed by atoms with Gasteiger partial charge in [-0.2, -0.15) is 8.42 Å². The predicted molar refractivity (Wildman–Crippen MR) is 64.7 cm³/mol. The number of halogens is 1. The summed E-state index contributed by atoms with van der Waals surface area (Å²) in [5.74, 6) is -0.610. The second-order valence-corrected chi connectivity index (χ2v) is 5.22. The van der Waals surface area contributed by atoms with E-state index in [2.05, 4.69) is 5.32 Å². The number of hydrogen-bond donors (Lipinski definition) is 2. The zero-order chi connectivity index (χ0) is 12.9. The van der Waals surface area contributed by atoms with Crippen molar-refractivity contribution in [3.63, 3.8) is 0 Å². The zero-order valence-corrected chi connectivity index (χ0v) is 10.5. The Hall–Kier alpha value is -1.11. The molecule has 1 aromatic carbocycles. The highest BCUT2D eigenvalue weighted by atomic mass is 35.5. The quantitative estimate of drug-likeness (QED) is 0.622. The van der Waals surface area contributed by atoms with Gasteiger partial charge in [0.1, 0.15) is 0 Å². The minimum absolute atomic E-state index is 0.136. The maximum atomic E-state index is 11.6. The van der Waals surface area contributed by atoms with Gasteiger partial charge in [-0.25, -0.2) is 0 Å². The molecule has 0 heterocycles. The molecule has 17 heavy (non-hydrogen) atoms. The van der Waals surface area contributed by atoms with E-state index in [0.717, 1.165) is 5.56 Å². The molecule has 0 unspecified atom stereocenters. The molecule has 94 valence electrons. The number of alkyl halides is 1. The van der Waals surface area contributed by atoms with E-state index in [1.165, 1.54) is 0 Å². The molecule has 1 amide bonds. The standard InChI is InChI=1S/C10H12ClNO4S/c11-7-8-2-1-3-9(6-8)10(13)12-4-5-17(14,15)16/h1-3,6H,4-5,7H2,(H,12,13)(H,14,15,16). The van der Waals surface area contributed by atoms with Gasteiger partial charge in [0.25, 0.3) is 16.0 Å². The van der Waals surface area contributed by atoms with Crippen molar-refractivity contribution in [1.82, 2.24) is 5.32 Å². The van der Waals surface area contributed by atoms with Crippen LogP contribution in [0.5, 0.6) is 0 Å². The molecule has 0 saturated heterocycles. The van der Waals surface area contributed by atoms with Crippen LogP contribution in [0.4, 0.5) is 0 Å². The van der Waals surface area contributed by atoms with Gasteiger partial charge in [0.05, 0.1) is 5.75 Å². The van der Waals surface area contributed by atoms with E-state index < -0.39 is 21.8 Å². The van der Waals surface area contributed by atoms with Crippen LogP contribution in [-0.2, 0) is 16.0 Å². The number of benzene rings is 1. The number of carbonyl (C=O) groups is 1. The van der Waals surface area contributed by atoms with Gasteiger partial charge in [-0.15, -0.1) is 11.6 Å². The van der Waals surface area contributed by atoms with Crippen LogP contribution >= 0.6 is 11.6 Å². The van der Waals surface area contributed by atoms with Crippen LogP contribution in [0.3, 0.4) is 0 Å². The van der Waals surface area contributed by atoms with Crippen molar-refractivity contribution in [3.8, 4) is 0 Å². The molecule has 7 heteroatoms. The summed E-state index contributed by atoms with van der Waals surface area (Å²) in [5, 5.41) is 2.39. The van der Waals surface area contributed by atoms with E-state index >= 15 is 0 Å². The molecule has 0 radical (unpaired) electrons. The van der Waals surface area contributed by atoms with Crippen molar-refractivity contribution in [2.24, 2.45) is 0 Å². The Kier molecular flexibility index (Phi) is 4.92. The summed E-state index contributed by atoms with van der Waals surface area (Å²) in [5.41, 5.74) is 1.20. The fraction of sp³-hybridized carbons (Fsp3) is 0.300. The van der Waals surface area contributed by atoms with E-state index in [1.807, 2.05) is 0 Å². The number of hydrogen-bond acceptors (Lipinski definition) is 3. The first-order valence-electron chi connectivity index (χ1n) is 4.80. The van der Waals surface area contributed by atoms with Crippen molar-refractivity contribution in [1.29, 1.82) is 0 Å².